The van der Waals surface area contributed by atoms with E-state index >= 15 is 0 Å². The normalized spacial score (nSPS) is 9.71. The summed E-state index contributed by atoms with van der Waals surface area (Å²) in [5.41, 5.74) is 2.42. The predicted molar refractivity (Wildman–Crippen MR) is 76.7 cm³/mol. The third kappa shape index (κ3) is 2.82. The van der Waals surface area contributed by atoms with Crippen molar-refractivity contribution < 1.29 is 4.74 Å². The van der Waals surface area contributed by atoms with Crippen molar-refractivity contribution in [3.8, 4) is 23.8 Å². The molecule has 1 aromatic heterocycles. The number of aryl methyl sites for hydroxylation is 1. The molecule has 0 amide bonds. The smallest absolute Gasteiger partial charge is 0.257 e. The number of ether oxygens (including phenoxy) is 1. The van der Waals surface area contributed by atoms with E-state index in [1.54, 1.807) is 24.3 Å². The molecule has 104 valence electrons. The first-order valence-electron chi connectivity index (χ1n) is 6.70. The number of rotatable bonds is 4. The zero-order chi connectivity index (χ0) is 15.2. The van der Waals surface area contributed by atoms with E-state index in [1.807, 2.05) is 19.9 Å². The highest BCUT2D eigenvalue weighted by molar-refractivity contribution is 5.50. The second-order valence-corrected chi connectivity index (χ2v) is 4.33. The van der Waals surface area contributed by atoms with Gasteiger partial charge in [0.15, 0.2) is 0 Å². The van der Waals surface area contributed by atoms with Gasteiger partial charge in [-0.25, -0.2) is 0 Å². The van der Waals surface area contributed by atoms with Crippen LogP contribution in [0, 0.1) is 22.7 Å². The summed E-state index contributed by atoms with van der Waals surface area (Å²) in [5.74, 6) is 0.520. The summed E-state index contributed by atoms with van der Waals surface area (Å²) in [6.07, 6.45) is 1.39. The van der Waals surface area contributed by atoms with Crippen LogP contribution in [0.4, 0.5) is 0 Å². The minimum absolute atomic E-state index is 0.147. The molecule has 0 fully saturated rings. The molecule has 1 aromatic carbocycles. The van der Waals surface area contributed by atoms with E-state index < -0.39 is 0 Å². The van der Waals surface area contributed by atoms with Crippen molar-refractivity contribution in [1.29, 1.82) is 10.5 Å². The largest absolute Gasteiger partial charge is 0.435 e. The van der Waals surface area contributed by atoms with E-state index in [0.29, 0.717) is 29.7 Å². The molecule has 0 saturated carbocycles. The molecule has 5 heteroatoms. The van der Waals surface area contributed by atoms with Crippen LogP contribution in [0.5, 0.6) is 11.6 Å². The van der Waals surface area contributed by atoms with Crippen LogP contribution in [-0.4, -0.2) is 10.2 Å². The molecule has 0 spiro atoms. The van der Waals surface area contributed by atoms with Gasteiger partial charge >= 0.3 is 0 Å². The average molecular weight is 278 g/mol. The fraction of sp³-hybridized carbons (Fsp3) is 0.250. The third-order valence-corrected chi connectivity index (χ3v) is 3.14. The Labute approximate surface area is 123 Å². The van der Waals surface area contributed by atoms with Crippen molar-refractivity contribution in [2.75, 3.05) is 0 Å². The minimum atomic E-state index is 0.147. The second-order valence-electron chi connectivity index (χ2n) is 4.33. The summed E-state index contributed by atoms with van der Waals surface area (Å²) < 4.78 is 5.65. The Balaban J connectivity index is 2.51. The lowest BCUT2D eigenvalue weighted by Gasteiger charge is -2.11. The summed E-state index contributed by atoms with van der Waals surface area (Å²) in [6, 6.07) is 11.0. The first-order valence-corrected chi connectivity index (χ1v) is 6.70. The molecule has 0 saturated heterocycles. The Morgan fingerprint density at radius 3 is 2.43 bits per heavy atom. The Kier molecular flexibility index (Phi) is 4.48. The molecule has 0 unspecified atom stereocenters. The van der Waals surface area contributed by atoms with Gasteiger partial charge in [0.2, 0.25) is 0 Å². The molecule has 0 N–H and O–H groups in total. The lowest BCUT2D eigenvalue weighted by molar-refractivity contribution is 0.449. The van der Waals surface area contributed by atoms with Gasteiger partial charge in [-0.05, 0) is 30.5 Å². The SMILES string of the molecule is CCc1nnc(Oc2ccccc2C#N)c(C#N)c1CC. The van der Waals surface area contributed by atoms with Gasteiger partial charge in [-0.15, -0.1) is 5.10 Å². The molecule has 1 heterocycles. The Morgan fingerprint density at radius 2 is 1.81 bits per heavy atom. The van der Waals surface area contributed by atoms with Gasteiger partial charge in [-0.1, -0.05) is 26.0 Å². The maximum atomic E-state index is 9.39. The number of hydrogen-bond donors (Lipinski definition) is 0. The number of hydrogen-bond acceptors (Lipinski definition) is 5. The van der Waals surface area contributed by atoms with E-state index in [2.05, 4.69) is 16.3 Å². The van der Waals surface area contributed by atoms with Gasteiger partial charge in [0.1, 0.15) is 23.5 Å². The van der Waals surface area contributed by atoms with E-state index in [0.717, 1.165) is 11.3 Å². The highest BCUT2D eigenvalue weighted by Gasteiger charge is 2.17. The summed E-state index contributed by atoms with van der Waals surface area (Å²) >= 11 is 0. The topological polar surface area (TPSA) is 82.6 Å². The van der Waals surface area contributed by atoms with Crippen LogP contribution in [-0.2, 0) is 12.8 Å². The Bertz CT molecular complexity index is 741. The summed E-state index contributed by atoms with van der Waals surface area (Å²) in [5, 5.41) is 26.6. The molecule has 0 aliphatic rings. The maximum absolute atomic E-state index is 9.39. The van der Waals surface area contributed by atoms with Gasteiger partial charge in [-0.2, -0.15) is 15.6 Å². The van der Waals surface area contributed by atoms with Crippen LogP contribution in [0.25, 0.3) is 0 Å². The highest BCUT2D eigenvalue weighted by Crippen LogP contribution is 2.28. The van der Waals surface area contributed by atoms with Crippen LogP contribution in [0.3, 0.4) is 0 Å². The number of nitriles is 2. The summed E-state index contributed by atoms with van der Waals surface area (Å²) in [7, 11) is 0. The standard InChI is InChI=1S/C16H14N4O/c1-3-12-13(10-18)16(20-19-14(12)4-2)21-15-8-6-5-7-11(15)9-17/h5-8H,3-4H2,1-2H3. The molecule has 0 bridgehead atoms. The fourth-order valence-electron chi connectivity index (χ4n) is 2.09. The third-order valence-electron chi connectivity index (χ3n) is 3.14. The van der Waals surface area contributed by atoms with Crippen LogP contribution >= 0.6 is 0 Å². The van der Waals surface area contributed by atoms with Crippen LogP contribution in [0.1, 0.15) is 36.2 Å². The minimum Gasteiger partial charge on any atom is -0.435 e. The molecular weight excluding hydrogens is 264 g/mol. The van der Waals surface area contributed by atoms with Gasteiger partial charge in [0.05, 0.1) is 11.3 Å². The lowest BCUT2D eigenvalue weighted by atomic mass is 10.0. The van der Waals surface area contributed by atoms with Gasteiger partial charge < -0.3 is 4.74 Å². The van der Waals surface area contributed by atoms with Crippen molar-refractivity contribution in [1.82, 2.24) is 10.2 Å². The molecule has 0 aliphatic heterocycles. The second kappa shape index (κ2) is 6.49. The maximum Gasteiger partial charge on any atom is 0.257 e. The molecule has 5 nitrogen and oxygen atoms in total. The molecule has 0 radical (unpaired) electrons. The first-order chi connectivity index (χ1) is 10.2. The predicted octanol–water partition coefficient (Wildman–Crippen LogP) is 3.14. The number of benzene rings is 1. The van der Waals surface area contributed by atoms with Crippen molar-refractivity contribution in [3.63, 3.8) is 0 Å². The fourth-order valence-corrected chi connectivity index (χ4v) is 2.09. The monoisotopic (exact) mass is 278 g/mol. The van der Waals surface area contributed by atoms with E-state index in [1.165, 1.54) is 0 Å². The quantitative estimate of drug-likeness (QED) is 0.858. The zero-order valence-corrected chi connectivity index (χ0v) is 11.9. The van der Waals surface area contributed by atoms with E-state index in [9.17, 15) is 5.26 Å². The van der Waals surface area contributed by atoms with E-state index in [-0.39, 0.29) is 5.88 Å². The molecule has 0 aliphatic carbocycles. The molecular formula is C16H14N4O. The molecule has 21 heavy (non-hydrogen) atoms. The highest BCUT2D eigenvalue weighted by atomic mass is 16.5. The molecule has 2 rings (SSSR count). The van der Waals surface area contributed by atoms with Gasteiger partial charge in [0, 0.05) is 0 Å². The summed E-state index contributed by atoms with van der Waals surface area (Å²) in [4.78, 5) is 0. The van der Waals surface area contributed by atoms with Gasteiger partial charge in [0.25, 0.3) is 5.88 Å². The van der Waals surface area contributed by atoms with E-state index in [4.69, 9.17) is 10.00 Å². The Morgan fingerprint density at radius 1 is 1.05 bits per heavy atom. The first kappa shape index (κ1) is 14.5. The van der Waals surface area contributed by atoms with Crippen molar-refractivity contribution in [2.45, 2.75) is 26.7 Å². The van der Waals surface area contributed by atoms with Crippen molar-refractivity contribution in [2.24, 2.45) is 0 Å². The Hall–Kier alpha value is -2.92. The van der Waals surface area contributed by atoms with Crippen molar-refractivity contribution >= 4 is 0 Å². The average Bonchev–Trinajstić information content (AvgIpc) is 2.54. The van der Waals surface area contributed by atoms with Crippen LogP contribution in [0.15, 0.2) is 24.3 Å². The molecule has 0 atom stereocenters. The number of para-hydroxylation sites is 1. The van der Waals surface area contributed by atoms with Gasteiger partial charge in [-0.3, -0.25) is 0 Å². The molecule has 2 aromatic rings. The zero-order valence-electron chi connectivity index (χ0n) is 11.9. The summed E-state index contributed by atoms with van der Waals surface area (Å²) in [6.45, 7) is 3.93. The lowest BCUT2D eigenvalue weighted by Crippen LogP contribution is -2.05. The number of nitrogens with zero attached hydrogens (tertiary/aromatic N) is 4. The van der Waals surface area contributed by atoms with Crippen LogP contribution < -0.4 is 4.74 Å². The van der Waals surface area contributed by atoms with Crippen molar-refractivity contribution in [3.05, 3.63) is 46.6 Å². The number of aromatic nitrogens is 2. The van der Waals surface area contributed by atoms with Crippen LogP contribution in [0.2, 0.25) is 0 Å².